The summed E-state index contributed by atoms with van der Waals surface area (Å²) >= 11 is 0. The SMILES string of the molecule is c1ccc(-c2nc(-c3ccc4ccc(-c5ccc6c7ccccc7c7ccccc7c6c5)cc4c3)nc(-c3cc4c(ccc5ccccc54)cn3)n2)cc1. The summed E-state index contributed by atoms with van der Waals surface area (Å²) in [6.45, 7) is 0. The van der Waals surface area contributed by atoms with E-state index >= 15 is 0 Å². The van der Waals surface area contributed by atoms with Crippen LogP contribution in [0, 0.1) is 0 Å². The molecule has 0 unspecified atom stereocenters. The van der Waals surface area contributed by atoms with Crippen molar-refractivity contribution >= 4 is 64.6 Å². The van der Waals surface area contributed by atoms with E-state index in [4.69, 9.17) is 19.9 Å². The fraction of sp³-hybridized carbons (Fsp3) is 0. The highest BCUT2D eigenvalue weighted by Gasteiger charge is 2.15. The largest absolute Gasteiger partial charge is 0.252 e. The Morgan fingerprint density at radius 1 is 0.259 bits per heavy atom. The molecule has 4 heteroatoms. The van der Waals surface area contributed by atoms with Gasteiger partial charge in [-0.25, -0.2) is 15.0 Å². The van der Waals surface area contributed by atoms with E-state index in [1.807, 2.05) is 36.5 Å². The summed E-state index contributed by atoms with van der Waals surface area (Å²) < 4.78 is 0. The maximum atomic E-state index is 5.08. The summed E-state index contributed by atoms with van der Waals surface area (Å²) in [6.07, 6.45) is 1.92. The summed E-state index contributed by atoms with van der Waals surface area (Å²) in [7, 11) is 0. The Hall–Kier alpha value is -7.30. The number of benzene rings is 9. The van der Waals surface area contributed by atoms with Gasteiger partial charge in [-0.2, -0.15) is 0 Å². The molecular formula is C50H30N4. The molecule has 0 spiro atoms. The molecule has 0 bridgehead atoms. The standard InChI is InChI=1S/C50H30N4/c1-2-11-33(12-3-1)48-52-49(54-50(53-48)47-29-45-37(30-51-47)23-20-32-10-4-5-13-39(32)45)36-22-19-31-18-21-34(26-38(31)27-36)35-24-25-44-42-16-7-6-14-40(42)41-15-8-9-17-43(41)46(44)28-35/h1-30H. The minimum Gasteiger partial charge on any atom is -0.252 e. The molecule has 0 aliphatic rings. The van der Waals surface area contributed by atoms with Crippen LogP contribution in [0.4, 0.5) is 0 Å². The fourth-order valence-electron chi connectivity index (χ4n) is 8.01. The van der Waals surface area contributed by atoms with Gasteiger partial charge in [-0.3, -0.25) is 4.98 Å². The normalized spacial score (nSPS) is 11.7. The lowest BCUT2D eigenvalue weighted by Gasteiger charge is -2.13. The Bertz CT molecular complexity index is 3240. The molecule has 0 aliphatic heterocycles. The van der Waals surface area contributed by atoms with E-state index in [0.717, 1.165) is 38.2 Å². The van der Waals surface area contributed by atoms with Gasteiger partial charge in [0.15, 0.2) is 17.5 Å². The molecule has 0 N–H and O–H groups in total. The van der Waals surface area contributed by atoms with Crippen LogP contribution in [0.1, 0.15) is 0 Å². The van der Waals surface area contributed by atoms with Gasteiger partial charge < -0.3 is 0 Å². The molecule has 4 nitrogen and oxygen atoms in total. The van der Waals surface area contributed by atoms with Crippen molar-refractivity contribution in [3.63, 3.8) is 0 Å². The number of pyridine rings is 1. The molecule has 250 valence electrons. The average molecular weight is 687 g/mol. The van der Waals surface area contributed by atoms with Gasteiger partial charge in [0.1, 0.15) is 5.69 Å². The van der Waals surface area contributed by atoms with Crippen LogP contribution in [0.5, 0.6) is 0 Å². The maximum Gasteiger partial charge on any atom is 0.182 e. The van der Waals surface area contributed by atoms with E-state index in [0.29, 0.717) is 23.2 Å². The second kappa shape index (κ2) is 12.1. The fourth-order valence-corrected chi connectivity index (χ4v) is 8.01. The third-order valence-corrected chi connectivity index (χ3v) is 10.7. The Kier molecular flexibility index (Phi) is 6.82. The second-order valence-corrected chi connectivity index (χ2v) is 13.9. The van der Waals surface area contributed by atoms with Crippen LogP contribution in [-0.4, -0.2) is 19.9 Å². The van der Waals surface area contributed by atoms with Crippen LogP contribution >= 0.6 is 0 Å². The Balaban J connectivity index is 1.05. The van der Waals surface area contributed by atoms with Crippen molar-refractivity contribution in [2.45, 2.75) is 0 Å². The molecule has 0 fully saturated rings. The summed E-state index contributed by atoms with van der Waals surface area (Å²) in [5.41, 5.74) is 4.89. The van der Waals surface area contributed by atoms with Crippen LogP contribution < -0.4 is 0 Å². The lowest BCUT2D eigenvalue weighted by Crippen LogP contribution is -2.01. The number of aromatic nitrogens is 4. The first-order valence-corrected chi connectivity index (χ1v) is 18.2. The van der Waals surface area contributed by atoms with Gasteiger partial charge >= 0.3 is 0 Å². The van der Waals surface area contributed by atoms with Crippen LogP contribution in [0.25, 0.3) is 110 Å². The summed E-state index contributed by atoms with van der Waals surface area (Å²) in [5.74, 6) is 1.76. The van der Waals surface area contributed by atoms with Crippen molar-refractivity contribution in [3.8, 4) is 45.4 Å². The highest BCUT2D eigenvalue weighted by molar-refractivity contribution is 6.25. The number of hydrogen-bond acceptors (Lipinski definition) is 4. The van der Waals surface area contributed by atoms with Crippen molar-refractivity contribution in [2.24, 2.45) is 0 Å². The molecule has 11 aromatic rings. The molecule has 9 aromatic carbocycles. The Morgan fingerprint density at radius 2 is 0.778 bits per heavy atom. The second-order valence-electron chi connectivity index (χ2n) is 13.9. The van der Waals surface area contributed by atoms with Crippen molar-refractivity contribution in [1.29, 1.82) is 0 Å². The molecule has 2 heterocycles. The highest BCUT2D eigenvalue weighted by atomic mass is 15.0. The number of nitrogens with zero attached hydrogens (tertiary/aromatic N) is 4. The van der Waals surface area contributed by atoms with Crippen molar-refractivity contribution in [1.82, 2.24) is 19.9 Å². The van der Waals surface area contributed by atoms with Gasteiger partial charge in [0.2, 0.25) is 0 Å². The molecule has 0 saturated heterocycles. The summed E-state index contributed by atoms with van der Waals surface area (Å²) in [5, 5.41) is 14.5. The van der Waals surface area contributed by atoms with E-state index in [1.54, 1.807) is 0 Å². The molecule has 0 saturated carbocycles. The van der Waals surface area contributed by atoms with Gasteiger partial charge in [0.25, 0.3) is 0 Å². The van der Waals surface area contributed by atoms with E-state index < -0.39 is 0 Å². The number of fused-ring (bicyclic) bond motifs is 10. The summed E-state index contributed by atoms with van der Waals surface area (Å²) in [4.78, 5) is 19.9. The van der Waals surface area contributed by atoms with Crippen LogP contribution in [0.3, 0.4) is 0 Å². The van der Waals surface area contributed by atoms with E-state index in [1.165, 1.54) is 48.7 Å². The monoisotopic (exact) mass is 686 g/mol. The van der Waals surface area contributed by atoms with Crippen molar-refractivity contribution in [3.05, 3.63) is 182 Å². The third kappa shape index (κ3) is 5.00. The van der Waals surface area contributed by atoms with Crippen LogP contribution in [0.15, 0.2) is 182 Å². The molecule has 0 radical (unpaired) electrons. The smallest absolute Gasteiger partial charge is 0.182 e. The van der Waals surface area contributed by atoms with Gasteiger partial charge in [0, 0.05) is 22.7 Å². The Morgan fingerprint density at radius 3 is 1.54 bits per heavy atom. The van der Waals surface area contributed by atoms with E-state index in [2.05, 4.69) is 146 Å². The minimum atomic E-state index is 0.540. The molecule has 0 amide bonds. The van der Waals surface area contributed by atoms with Crippen LogP contribution in [-0.2, 0) is 0 Å². The predicted octanol–water partition coefficient (Wildman–Crippen LogP) is 12.9. The lowest BCUT2D eigenvalue weighted by atomic mass is 9.91. The number of hydrogen-bond donors (Lipinski definition) is 0. The molecule has 54 heavy (non-hydrogen) atoms. The van der Waals surface area contributed by atoms with Gasteiger partial charge in [-0.1, -0.05) is 152 Å². The topological polar surface area (TPSA) is 51.6 Å². The molecule has 0 atom stereocenters. The van der Waals surface area contributed by atoms with Gasteiger partial charge in [-0.05, 0) is 94.6 Å². The van der Waals surface area contributed by atoms with Gasteiger partial charge in [-0.15, -0.1) is 0 Å². The van der Waals surface area contributed by atoms with Crippen molar-refractivity contribution < 1.29 is 0 Å². The van der Waals surface area contributed by atoms with Crippen molar-refractivity contribution in [2.75, 3.05) is 0 Å². The minimum absolute atomic E-state index is 0.540. The first-order valence-electron chi connectivity index (χ1n) is 18.2. The first kappa shape index (κ1) is 30.3. The molecular weight excluding hydrogens is 657 g/mol. The number of rotatable bonds is 4. The first-order chi connectivity index (χ1) is 26.7. The quantitative estimate of drug-likeness (QED) is 0.173. The van der Waals surface area contributed by atoms with E-state index in [-0.39, 0.29) is 0 Å². The zero-order valence-electron chi connectivity index (χ0n) is 29.1. The maximum absolute atomic E-state index is 5.08. The van der Waals surface area contributed by atoms with Crippen LogP contribution in [0.2, 0.25) is 0 Å². The zero-order valence-corrected chi connectivity index (χ0v) is 29.1. The third-order valence-electron chi connectivity index (χ3n) is 10.7. The molecule has 11 rings (SSSR count). The predicted molar refractivity (Wildman–Crippen MR) is 224 cm³/mol. The summed E-state index contributed by atoms with van der Waals surface area (Å²) in [6, 6.07) is 62.4. The highest BCUT2D eigenvalue weighted by Crippen LogP contribution is 2.38. The zero-order chi connectivity index (χ0) is 35.6. The van der Waals surface area contributed by atoms with Gasteiger partial charge in [0.05, 0.1) is 0 Å². The average Bonchev–Trinajstić information content (AvgIpc) is 3.26. The Labute approximate surface area is 311 Å². The van der Waals surface area contributed by atoms with E-state index in [9.17, 15) is 0 Å². The lowest BCUT2D eigenvalue weighted by molar-refractivity contribution is 1.06. The molecule has 0 aliphatic carbocycles. The molecule has 2 aromatic heterocycles.